The number of ether oxygens (including phenoxy) is 1. The van der Waals surface area contributed by atoms with E-state index in [9.17, 15) is 9.50 Å². The fraction of sp³-hybridized carbons (Fsp3) is 0.571. The number of hydrogen-bond donors (Lipinski definition) is 2. The Morgan fingerprint density at radius 2 is 1.94 bits per heavy atom. The standard InChI is InChI=1S/C14H20FNO2/c15-12-1-3-13(4-2-12)18-10-7-14(17)11-5-8-16-9-6-11/h1-4,11,14,16-17H,5-10H2. The predicted molar refractivity (Wildman–Crippen MR) is 68.1 cm³/mol. The van der Waals surface area contributed by atoms with Gasteiger partial charge in [0.25, 0.3) is 0 Å². The third-order valence-corrected chi connectivity index (χ3v) is 3.42. The van der Waals surface area contributed by atoms with Gasteiger partial charge in [0.2, 0.25) is 0 Å². The molecule has 1 unspecified atom stereocenters. The lowest BCUT2D eigenvalue weighted by Gasteiger charge is -2.27. The van der Waals surface area contributed by atoms with Gasteiger partial charge in [-0.2, -0.15) is 0 Å². The minimum atomic E-state index is -0.299. The molecule has 2 rings (SSSR count). The largest absolute Gasteiger partial charge is 0.493 e. The zero-order chi connectivity index (χ0) is 12.8. The number of aliphatic hydroxyl groups excluding tert-OH is 1. The van der Waals surface area contributed by atoms with Crippen LogP contribution in [0.4, 0.5) is 4.39 Å². The zero-order valence-corrected chi connectivity index (χ0v) is 10.4. The van der Waals surface area contributed by atoms with E-state index in [4.69, 9.17) is 4.74 Å². The number of rotatable bonds is 5. The van der Waals surface area contributed by atoms with Crippen LogP contribution in [0.15, 0.2) is 24.3 Å². The molecule has 1 heterocycles. The number of halogens is 1. The molecule has 18 heavy (non-hydrogen) atoms. The molecule has 0 aliphatic carbocycles. The highest BCUT2D eigenvalue weighted by atomic mass is 19.1. The van der Waals surface area contributed by atoms with Crippen molar-refractivity contribution in [2.24, 2.45) is 5.92 Å². The van der Waals surface area contributed by atoms with Gasteiger partial charge in [0.05, 0.1) is 12.7 Å². The van der Waals surface area contributed by atoms with Crippen LogP contribution in [0.5, 0.6) is 5.75 Å². The van der Waals surface area contributed by atoms with Crippen molar-refractivity contribution in [3.05, 3.63) is 30.1 Å². The van der Waals surface area contributed by atoms with Crippen molar-refractivity contribution >= 4 is 0 Å². The van der Waals surface area contributed by atoms with Crippen LogP contribution in [0.25, 0.3) is 0 Å². The minimum absolute atomic E-state index is 0.267. The smallest absolute Gasteiger partial charge is 0.123 e. The Morgan fingerprint density at radius 3 is 2.61 bits per heavy atom. The Kier molecular flexibility index (Phi) is 4.96. The number of piperidine rings is 1. The summed E-state index contributed by atoms with van der Waals surface area (Å²) >= 11 is 0. The van der Waals surface area contributed by atoms with Crippen LogP contribution in [-0.2, 0) is 0 Å². The molecular weight excluding hydrogens is 233 g/mol. The Bertz CT molecular complexity index is 349. The third kappa shape index (κ3) is 3.96. The van der Waals surface area contributed by atoms with Gasteiger partial charge >= 0.3 is 0 Å². The highest BCUT2D eigenvalue weighted by molar-refractivity contribution is 5.21. The molecule has 0 spiro atoms. The van der Waals surface area contributed by atoms with E-state index in [1.165, 1.54) is 12.1 Å². The van der Waals surface area contributed by atoms with Crippen LogP contribution >= 0.6 is 0 Å². The summed E-state index contributed by atoms with van der Waals surface area (Å²) in [5, 5.41) is 13.3. The van der Waals surface area contributed by atoms with Crippen molar-refractivity contribution in [2.45, 2.75) is 25.4 Å². The minimum Gasteiger partial charge on any atom is -0.493 e. The van der Waals surface area contributed by atoms with Crippen LogP contribution in [0.1, 0.15) is 19.3 Å². The second-order valence-corrected chi connectivity index (χ2v) is 4.75. The van der Waals surface area contributed by atoms with E-state index in [-0.39, 0.29) is 11.9 Å². The Balaban J connectivity index is 1.69. The average Bonchev–Trinajstić information content (AvgIpc) is 2.42. The van der Waals surface area contributed by atoms with Crippen LogP contribution in [0.2, 0.25) is 0 Å². The van der Waals surface area contributed by atoms with Gasteiger partial charge in [-0.05, 0) is 56.1 Å². The molecule has 0 radical (unpaired) electrons. The second-order valence-electron chi connectivity index (χ2n) is 4.75. The first-order valence-electron chi connectivity index (χ1n) is 6.53. The van der Waals surface area contributed by atoms with E-state index in [0.717, 1.165) is 25.9 Å². The van der Waals surface area contributed by atoms with Crippen LogP contribution < -0.4 is 10.1 Å². The lowest BCUT2D eigenvalue weighted by molar-refractivity contribution is 0.0674. The highest BCUT2D eigenvalue weighted by Crippen LogP contribution is 2.19. The van der Waals surface area contributed by atoms with E-state index in [0.29, 0.717) is 24.7 Å². The van der Waals surface area contributed by atoms with E-state index in [2.05, 4.69) is 5.32 Å². The molecule has 4 heteroatoms. The van der Waals surface area contributed by atoms with Gasteiger partial charge < -0.3 is 15.2 Å². The normalized spacial score (nSPS) is 18.6. The molecular formula is C14H20FNO2. The summed E-state index contributed by atoms with van der Waals surface area (Å²) < 4.78 is 18.2. The maximum Gasteiger partial charge on any atom is 0.123 e. The Labute approximate surface area is 107 Å². The van der Waals surface area contributed by atoms with Crippen molar-refractivity contribution in [1.29, 1.82) is 0 Å². The van der Waals surface area contributed by atoms with Crippen molar-refractivity contribution in [3.63, 3.8) is 0 Å². The van der Waals surface area contributed by atoms with Crippen molar-refractivity contribution in [3.8, 4) is 5.75 Å². The van der Waals surface area contributed by atoms with Crippen molar-refractivity contribution in [1.82, 2.24) is 5.32 Å². The molecule has 2 N–H and O–H groups in total. The Morgan fingerprint density at radius 1 is 1.28 bits per heavy atom. The second kappa shape index (κ2) is 6.71. The van der Waals surface area contributed by atoms with Gasteiger partial charge in [0.1, 0.15) is 11.6 Å². The molecule has 0 amide bonds. The summed E-state index contributed by atoms with van der Waals surface area (Å²) in [7, 11) is 0. The lowest BCUT2D eigenvalue weighted by Crippen LogP contribution is -2.34. The van der Waals surface area contributed by atoms with Gasteiger partial charge in [-0.15, -0.1) is 0 Å². The van der Waals surface area contributed by atoms with Gasteiger partial charge in [0.15, 0.2) is 0 Å². The summed E-state index contributed by atoms with van der Waals surface area (Å²) in [5.41, 5.74) is 0. The molecule has 1 saturated heterocycles. The first-order valence-corrected chi connectivity index (χ1v) is 6.53. The molecule has 1 fully saturated rings. The van der Waals surface area contributed by atoms with Gasteiger partial charge in [0, 0.05) is 6.42 Å². The van der Waals surface area contributed by atoms with Crippen molar-refractivity contribution in [2.75, 3.05) is 19.7 Å². The molecule has 1 aromatic rings. The number of benzene rings is 1. The molecule has 3 nitrogen and oxygen atoms in total. The van der Waals surface area contributed by atoms with Crippen LogP contribution in [0.3, 0.4) is 0 Å². The zero-order valence-electron chi connectivity index (χ0n) is 10.4. The SMILES string of the molecule is OC(CCOc1ccc(F)cc1)C1CCNCC1. The fourth-order valence-electron chi connectivity index (χ4n) is 2.29. The molecule has 1 aromatic carbocycles. The summed E-state index contributed by atoms with van der Waals surface area (Å²) in [6.07, 6.45) is 2.38. The predicted octanol–water partition coefficient (Wildman–Crippen LogP) is 1.96. The number of nitrogens with one attached hydrogen (secondary N) is 1. The van der Waals surface area contributed by atoms with Crippen LogP contribution in [0, 0.1) is 11.7 Å². The first-order chi connectivity index (χ1) is 8.75. The average molecular weight is 253 g/mol. The summed E-state index contributed by atoms with van der Waals surface area (Å²) in [6.45, 7) is 2.44. The van der Waals surface area contributed by atoms with E-state index >= 15 is 0 Å². The monoisotopic (exact) mass is 253 g/mol. The van der Waals surface area contributed by atoms with E-state index in [1.807, 2.05) is 0 Å². The highest BCUT2D eigenvalue weighted by Gasteiger charge is 2.21. The third-order valence-electron chi connectivity index (χ3n) is 3.42. The number of aliphatic hydroxyl groups is 1. The fourth-order valence-corrected chi connectivity index (χ4v) is 2.29. The van der Waals surface area contributed by atoms with E-state index < -0.39 is 0 Å². The number of hydrogen-bond acceptors (Lipinski definition) is 3. The molecule has 1 atom stereocenters. The lowest BCUT2D eigenvalue weighted by atomic mass is 9.91. The molecule has 0 bridgehead atoms. The topological polar surface area (TPSA) is 41.5 Å². The van der Waals surface area contributed by atoms with Gasteiger partial charge in [-0.3, -0.25) is 0 Å². The first kappa shape index (κ1) is 13.3. The van der Waals surface area contributed by atoms with E-state index in [1.54, 1.807) is 12.1 Å². The van der Waals surface area contributed by atoms with Gasteiger partial charge in [-0.1, -0.05) is 0 Å². The molecule has 0 saturated carbocycles. The maximum atomic E-state index is 12.7. The van der Waals surface area contributed by atoms with Gasteiger partial charge in [-0.25, -0.2) is 4.39 Å². The summed E-state index contributed by atoms with van der Waals surface area (Å²) in [6, 6.07) is 5.95. The molecule has 1 aliphatic heterocycles. The maximum absolute atomic E-state index is 12.7. The quantitative estimate of drug-likeness (QED) is 0.843. The molecule has 0 aromatic heterocycles. The summed E-state index contributed by atoms with van der Waals surface area (Å²) in [5.74, 6) is 0.758. The molecule has 100 valence electrons. The molecule has 1 aliphatic rings. The summed E-state index contributed by atoms with van der Waals surface area (Å²) in [4.78, 5) is 0. The van der Waals surface area contributed by atoms with Crippen LogP contribution in [-0.4, -0.2) is 30.9 Å². The Hall–Kier alpha value is -1.13. The van der Waals surface area contributed by atoms with Crippen molar-refractivity contribution < 1.29 is 14.2 Å².